The molecule has 0 unspecified atom stereocenters. The summed E-state index contributed by atoms with van der Waals surface area (Å²) in [6, 6.07) is 8.09. The Labute approximate surface area is 242 Å². The maximum Gasteiger partial charge on any atom is 0.271 e. The molecule has 0 saturated heterocycles. The molecule has 1 atom stereocenters. The van der Waals surface area contributed by atoms with Crippen LogP contribution in [0.2, 0.25) is 0 Å². The summed E-state index contributed by atoms with van der Waals surface area (Å²) in [5.41, 5.74) is 1.88. The number of amides is 1. The van der Waals surface area contributed by atoms with Crippen LogP contribution in [-0.4, -0.2) is 64.0 Å². The molecule has 2 aromatic carbocycles. The van der Waals surface area contributed by atoms with E-state index in [1.165, 1.54) is 25.6 Å². The zero-order valence-electron chi connectivity index (χ0n) is 24.6. The maximum absolute atomic E-state index is 14.2. The van der Waals surface area contributed by atoms with Gasteiger partial charge in [0.05, 0.1) is 51.4 Å². The zero-order valence-corrected chi connectivity index (χ0v) is 25.4. The molecule has 3 aromatic rings. The van der Waals surface area contributed by atoms with E-state index in [2.05, 4.69) is 0 Å². The lowest BCUT2D eigenvalue weighted by atomic mass is 9.93. The van der Waals surface area contributed by atoms with Crippen molar-refractivity contribution < 1.29 is 28.5 Å². The van der Waals surface area contributed by atoms with Gasteiger partial charge >= 0.3 is 0 Å². The second-order valence-electron chi connectivity index (χ2n) is 9.09. The van der Waals surface area contributed by atoms with E-state index in [-0.39, 0.29) is 11.5 Å². The Balaban J connectivity index is 2.04. The number of ether oxygens (including phenoxy) is 5. The summed E-state index contributed by atoms with van der Waals surface area (Å²) in [6.07, 6.45) is 1.73. The van der Waals surface area contributed by atoms with Gasteiger partial charge in [-0.3, -0.25) is 14.2 Å². The minimum absolute atomic E-state index is 0.193. The molecule has 0 fully saturated rings. The molecule has 11 heteroatoms. The van der Waals surface area contributed by atoms with Gasteiger partial charge in [-0.1, -0.05) is 11.3 Å². The predicted octanol–water partition coefficient (Wildman–Crippen LogP) is 3.15. The average Bonchev–Trinajstić information content (AvgIpc) is 3.29. The largest absolute Gasteiger partial charge is 0.497 e. The van der Waals surface area contributed by atoms with Crippen molar-refractivity contribution in [3.05, 3.63) is 72.4 Å². The molecule has 0 aliphatic carbocycles. The predicted molar refractivity (Wildman–Crippen MR) is 157 cm³/mol. The summed E-state index contributed by atoms with van der Waals surface area (Å²) in [5.74, 6) is 2.25. The summed E-state index contributed by atoms with van der Waals surface area (Å²) >= 11 is 1.23. The van der Waals surface area contributed by atoms with Gasteiger partial charge in [0.15, 0.2) is 16.3 Å². The van der Waals surface area contributed by atoms with Crippen LogP contribution >= 0.6 is 11.3 Å². The lowest BCUT2D eigenvalue weighted by molar-refractivity contribution is -0.127. The van der Waals surface area contributed by atoms with Crippen molar-refractivity contribution in [1.29, 1.82) is 0 Å². The zero-order chi connectivity index (χ0) is 29.8. The van der Waals surface area contributed by atoms with Gasteiger partial charge in [0.2, 0.25) is 5.75 Å². The number of thiazole rings is 1. The SMILES string of the molecule is CCN(CC)C(=O)C1=C(C)N=c2s/c(=C/c3ccc(OC)c(OC)c3OC)c(=O)n2[C@H]1c1cc(OC)ccc1OC. The van der Waals surface area contributed by atoms with Gasteiger partial charge < -0.3 is 28.6 Å². The molecule has 4 rings (SSSR count). The monoisotopic (exact) mass is 581 g/mol. The van der Waals surface area contributed by atoms with Crippen molar-refractivity contribution in [2.24, 2.45) is 4.99 Å². The van der Waals surface area contributed by atoms with Crippen LogP contribution in [0.4, 0.5) is 0 Å². The van der Waals surface area contributed by atoms with Gasteiger partial charge in [0, 0.05) is 24.2 Å². The van der Waals surface area contributed by atoms with Crippen molar-refractivity contribution in [2.75, 3.05) is 48.6 Å². The third-order valence-electron chi connectivity index (χ3n) is 7.06. The van der Waals surface area contributed by atoms with Gasteiger partial charge in [-0.25, -0.2) is 4.99 Å². The first kappa shape index (κ1) is 29.7. The third-order valence-corrected chi connectivity index (χ3v) is 8.04. The van der Waals surface area contributed by atoms with Gasteiger partial charge in [-0.05, 0) is 57.2 Å². The van der Waals surface area contributed by atoms with Crippen LogP contribution in [0.3, 0.4) is 0 Å². The molecule has 1 aromatic heterocycles. The Morgan fingerprint density at radius 2 is 1.61 bits per heavy atom. The number of benzene rings is 2. The molecule has 0 bridgehead atoms. The quantitative estimate of drug-likeness (QED) is 0.363. The van der Waals surface area contributed by atoms with Gasteiger partial charge in [0.25, 0.3) is 11.5 Å². The highest BCUT2D eigenvalue weighted by molar-refractivity contribution is 7.07. The topological polar surface area (TPSA) is 101 Å². The van der Waals surface area contributed by atoms with Gasteiger partial charge in [-0.2, -0.15) is 0 Å². The average molecular weight is 582 g/mol. The number of likely N-dealkylation sites (N-methyl/N-ethyl adjacent to an activating group) is 1. The minimum Gasteiger partial charge on any atom is -0.497 e. The van der Waals surface area contributed by atoms with E-state index >= 15 is 0 Å². The van der Waals surface area contributed by atoms with Crippen LogP contribution < -0.4 is 38.6 Å². The molecule has 41 heavy (non-hydrogen) atoms. The van der Waals surface area contributed by atoms with E-state index in [0.29, 0.717) is 73.6 Å². The van der Waals surface area contributed by atoms with E-state index in [9.17, 15) is 9.59 Å². The van der Waals surface area contributed by atoms with Crippen molar-refractivity contribution in [3.8, 4) is 28.7 Å². The number of rotatable bonds is 10. The Morgan fingerprint density at radius 1 is 0.951 bits per heavy atom. The van der Waals surface area contributed by atoms with Crippen molar-refractivity contribution in [3.63, 3.8) is 0 Å². The number of nitrogens with zero attached hydrogens (tertiary/aromatic N) is 3. The third kappa shape index (κ3) is 5.29. The van der Waals surface area contributed by atoms with Crippen molar-refractivity contribution in [2.45, 2.75) is 26.8 Å². The molecule has 218 valence electrons. The fourth-order valence-electron chi connectivity index (χ4n) is 5.00. The van der Waals surface area contributed by atoms with E-state index < -0.39 is 6.04 Å². The number of carbonyl (C=O) groups excluding carboxylic acids is 1. The first-order valence-electron chi connectivity index (χ1n) is 13.1. The maximum atomic E-state index is 14.2. The Kier molecular flexibility index (Phi) is 9.07. The lowest BCUT2D eigenvalue weighted by Gasteiger charge is -2.30. The molecule has 10 nitrogen and oxygen atoms in total. The normalized spacial score (nSPS) is 14.7. The minimum atomic E-state index is -0.793. The van der Waals surface area contributed by atoms with Crippen LogP contribution in [0.15, 0.2) is 51.4 Å². The number of fused-ring (bicyclic) bond motifs is 1. The fraction of sp³-hybridized carbons (Fsp3) is 0.367. The number of hydrogen-bond acceptors (Lipinski definition) is 9. The Morgan fingerprint density at radius 3 is 2.20 bits per heavy atom. The summed E-state index contributed by atoms with van der Waals surface area (Å²) < 4.78 is 29.8. The standard InChI is InChI=1S/C30H35N3O7S/c1-9-32(10-2)29(35)24-17(3)31-30-33(25(24)20-16-19(36-4)12-14-21(20)37-5)28(34)23(41-30)15-18-11-13-22(38-6)27(40-8)26(18)39-7/h11-16,25H,9-10H2,1-8H3/b23-15+/t25-/m0/s1. The number of carbonyl (C=O) groups is 1. The smallest absolute Gasteiger partial charge is 0.271 e. The number of aromatic nitrogens is 1. The van der Waals surface area contributed by atoms with E-state index in [1.807, 2.05) is 13.8 Å². The Hall–Kier alpha value is -4.25. The summed E-state index contributed by atoms with van der Waals surface area (Å²) in [6.45, 7) is 6.66. The van der Waals surface area contributed by atoms with Crippen LogP contribution in [0, 0.1) is 0 Å². The molecule has 1 amide bonds. The van der Waals surface area contributed by atoms with Crippen LogP contribution in [0.5, 0.6) is 28.7 Å². The highest BCUT2D eigenvalue weighted by Gasteiger charge is 2.36. The highest BCUT2D eigenvalue weighted by Crippen LogP contribution is 2.40. The second-order valence-corrected chi connectivity index (χ2v) is 10.1. The molecule has 0 saturated carbocycles. The van der Waals surface area contributed by atoms with E-state index in [0.717, 1.165) is 0 Å². The van der Waals surface area contributed by atoms with Gasteiger partial charge in [-0.15, -0.1) is 0 Å². The first-order valence-corrected chi connectivity index (χ1v) is 13.9. The summed E-state index contributed by atoms with van der Waals surface area (Å²) in [7, 11) is 7.72. The lowest BCUT2D eigenvalue weighted by Crippen LogP contribution is -2.43. The number of hydrogen-bond donors (Lipinski definition) is 0. The molecule has 0 N–H and O–H groups in total. The van der Waals surface area contributed by atoms with E-state index in [1.54, 1.807) is 74.1 Å². The molecule has 1 aliphatic heterocycles. The molecule has 2 heterocycles. The summed E-state index contributed by atoms with van der Waals surface area (Å²) in [4.78, 5) is 35.0. The highest BCUT2D eigenvalue weighted by atomic mass is 32.1. The number of methoxy groups -OCH3 is 5. The molecule has 1 aliphatic rings. The first-order chi connectivity index (χ1) is 19.8. The Bertz CT molecular complexity index is 1670. The van der Waals surface area contributed by atoms with Crippen molar-refractivity contribution >= 4 is 23.3 Å². The van der Waals surface area contributed by atoms with Gasteiger partial charge in [0.1, 0.15) is 17.5 Å². The molecular formula is C30H35N3O7S. The fourth-order valence-corrected chi connectivity index (χ4v) is 6.04. The van der Waals surface area contributed by atoms with Crippen LogP contribution in [0.25, 0.3) is 6.08 Å². The molecular weight excluding hydrogens is 546 g/mol. The van der Waals surface area contributed by atoms with Crippen LogP contribution in [0.1, 0.15) is 37.9 Å². The van der Waals surface area contributed by atoms with Crippen molar-refractivity contribution in [1.82, 2.24) is 9.47 Å². The molecule has 0 radical (unpaired) electrons. The summed E-state index contributed by atoms with van der Waals surface area (Å²) in [5, 5.41) is 0. The molecule has 0 spiro atoms. The second kappa shape index (κ2) is 12.5. The van der Waals surface area contributed by atoms with E-state index in [4.69, 9.17) is 28.7 Å². The number of allylic oxidation sites excluding steroid dienone is 1. The van der Waals surface area contributed by atoms with Crippen LogP contribution in [-0.2, 0) is 4.79 Å².